The van der Waals surface area contributed by atoms with Gasteiger partial charge in [0.1, 0.15) is 28.9 Å². The second-order valence-electron chi connectivity index (χ2n) is 10.1. The minimum atomic E-state index is -0.303. The number of halogens is 1. The lowest BCUT2D eigenvalue weighted by Gasteiger charge is -2.38. The molecule has 0 radical (unpaired) electrons. The third-order valence-corrected chi connectivity index (χ3v) is 7.99. The monoisotopic (exact) mass is 541 g/mol. The number of carbonyl (C=O) groups excluding carboxylic acids is 2. The van der Waals surface area contributed by atoms with Crippen molar-refractivity contribution in [2.75, 3.05) is 11.9 Å². The van der Waals surface area contributed by atoms with Crippen molar-refractivity contribution in [3.63, 3.8) is 0 Å². The minimum absolute atomic E-state index is 0.0937. The first-order chi connectivity index (χ1) is 18.9. The summed E-state index contributed by atoms with van der Waals surface area (Å²) in [5.41, 5.74) is 5.16. The molecule has 198 valence electrons. The smallest absolute Gasteiger partial charge is 0.275 e. The van der Waals surface area contributed by atoms with Crippen LogP contribution in [0.15, 0.2) is 72.1 Å². The zero-order valence-electron chi connectivity index (χ0n) is 21.5. The number of carbonyl (C=O) groups is 2. The summed E-state index contributed by atoms with van der Waals surface area (Å²) in [6, 6.07) is 19.7. The van der Waals surface area contributed by atoms with Gasteiger partial charge in [-0.3, -0.25) is 9.59 Å². The number of hydrogen-bond acceptors (Lipinski definition) is 5. The van der Waals surface area contributed by atoms with Crippen molar-refractivity contribution >= 4 is 28.8 Å². The van der Waals surface area contributed by atoms with Crippen LogP contribution in [0, 0.1) is 18.7 Å². The Bertz CT molecular complexity index is 1530. The summed E-state index contributed by atoms with van der Waals surface area (Å²) >= 11 is 1.37. The summed E-state index contributed by atoms with van der Waals surface area (Å²) in [5.74, 6) is 0.348. The van der Waals surface area contributed by atoms with Gasteiger partial charge in [0.25, 0.3) is 5.91 Å². The summed E-state index contributed by atoms with van der Waals surface area (Å²) in [4.78, 5) is 32.2. The maximum atomic E-state index is 13.7. The Hall–Kier alpha value is -4.04. The molecular weight excluding hydrogens is 513 g/mol. The summed E-state index contributed by atoms with van der Waals surface area (Å²) in [5, 5.41) is 5.29. The van der Waals surface area contributed by atoms with Crippen molar-refractivity contribution in [1.82, 2.24) is 9.88 Å². The summed E-state index contributed by atoms with van der Waals surface area (Å²) < 4.78 is 19.8. The van der Waals surface area contributed by atoms with E-state index in [0.717, 1.165) is 47.2 Å². The number of benzene rings is 3. The van der Waals surface area contributed by atoms with E-state index in [1.54, 1.807) is 17.5 Å². The van der Waals surface area contributed by atoms with Gasteiger partial charge in [-0.15, -0.1) is 11.3 Å². The van der Waals surface area contributed by atoms with Crippen molar-refractivity contribution in [2.24, 2.45) is 5.92 Å². The number of amides is 2. The molecule has 3 aromatic carbocycles. The summed E-state index contributed by atoms with van der Waals surface area (Å²) in [7, 11) is 0. The Balaban J connectivity index is 1.19. The first kappa shape index (κ1) is 25.2. The third kappa shape index (κ3) is 5.56. The normalized spacial score (nSPS) is 16.5. The topological polar surface area (TPSA) is 71.5 Å². The highest BCUT2D eigenvalue weighted by Gasteiger charge is 2.39. The Morgan fingerprint density at radius 3 is 2.69 bits per heavy atom. The number of nitrogens with one attached hydrogen (secondary N) is 1. The predicted molar refractivity (Wildman–Crippen MR) is 148 cm³/mol. The van der Waals surface area contributed by atoms with E-state index in [1.165, 1.54) is 23.5 Å². The van der Waals surface area contributed by atoms with Gasteiger partial charge in [-0.25, -0.2) is 9.37 Å². The van der Waals surface area contributed by atoms with Gasteiger partial charge < -0.3 is 15.0 Å². The minimum Gasteiger partial charge on any atom is -0.486 e. The molecule has 8 heteroatoms. The maximum Gasteiger partial charge on any atom is 0.275 e. The maximum absolute atomic E-state index is 13.7. The molecule has 39 heavy (non-hydrogen) atoms. The lowest BCUT2D eigenvalue weighted by atomic mass is 9.87. The van der Waals surface area contributed by atoms with Crippen molar-refractivity contribution in [3.05, 3.63) is 111 Å². The van der Waals surface area contributed by atoms with Crippen LogP contribution in [0.1, 0.15) is 56.6 Å². The number of fused-ring (bicyclic) bond motifs is 1. The lowest BCUT2D eigenvalue weighted by Crippen LogP contribution is -2.41. The highest BCUT2D eigenvalue weighted by Crippen LogP contribution is 2.41. The second kappa shape index (κ2) is 10.6. The van der Waals surface area contributed by atoms with E-state index in [4.69, 9.17) is 4.74 Å². The average Bonchev–Trinajstić information content (AvgIpc) is 3.68. The van der Waals surface area contributed by atoms with Gasteiger partial charge >= 0.3 is 0 Å². The first-order valence-electron chi connectivity index (χ1n) is 13.1. The highest BCUT2D eigenvalue weighted by atomic mass is 32.1. The Kier molecular flexibility index (Phi) is 6.87. The van der Waals surface area contributed by atoms with Crippen LogP contribution >= 0.6 is 11.3 Å². The van der Waals surface area contributed by atoms with Crippen LogP contribution in [0.2, 0.25) is 0 Å². The largest absolute Gasteiger partial charge is 0.486 e. The summed E-state index contributed by atoms with van der Waals surface area (Å²) in [6.07, 6.45) is 2.62. The molecule has 0 spiro atoms. The fourth-order valence-corrected chi connectivity index (χ4v) is 5.72. The molecule has 1 aliphatic heterocycles. The molecule has 1 atom stereocenters. The van der Waals surface area contributed by atoms with Crippen molar-refractivity contribution in [2.45, 2.75) is 38.8 Å². The second-order valence-corrected chi connectivity index (χ2v) is 11.1. The quantitative estimate of drug-likeness (QED) is 0.298. The molecule has 6 nitrogen and oxygen atoms in total. The molecule has 1 aliphatic carbocycles. The van der Waals surface area contributed by atoms with Crippen molar-refractivity contribution in [3.8, 4) is 5.75 Å². The molecule has 1 N–H and O–H groups in total. The highest BCUT2D eigenvalue weighted by molar-refractivity contribution is 7.09. The van der Waals surface area contributed by atoms with Gasteiger partial charge in [0, 0.05) is 23.5 Å². The lowest BCUT2D eigenvalue weighted by molar-refractivity contribution is -0.134. The molecule has 2 heterocycles. The number of rotatable bonds is 7. The van der Waals surface area contributed by atoms with Crippen LogP contribution in [0.4, 0.5) is 10.1 Å². The van der Waals surface area contributed by atoms with E-state index in [2.05, 4.69) is 10.3 Å². The summed E-state index contributed by atoms with van der Waals surface area (Å²) in [6.45, 7) is 2.82. The first-order valence-corrected chi connectivity index (χ1v) is 14.0. The van der Waals surface area contributed by atoms with Gasteiger partial charge in [0.05, 0.1) is 6.04 Å². The fraction of sp³-hybridized carbons (Fsp3) is 0.258. The zero-order chi connectivity index (χ0) is 26.9. The molecule has 1 saturated carbocycles. The fourth-order valence-electron chi connectivity index (χ4n) is 5.03. The average molecular weight is 542 g/mol. The SMILES string of the molecule is Cc1cccc(NC(=O)c2csc(COc3ccc4c(c3)C(c3ccc(F)cc3)N(C(=O)C3CC3)CC4)n2)c1. The molecule has 1 unspecified atom stereocenters. The molecule has 2 aliphatic rings. The zero-order valence-corrected chi connectivity index (χ0v) is 22.3. The van der Waals surface area contributed by atoms with Crippen molar-refractivity contribution in [1.29, 1.82) is 0 Å². The van der Waals surface area contributed by atoms with E-state index in [1.807, 2.05) is 54.3 Å². The Morgan fingerprint density at radius 2 is 1.92 bits per heavy atom. The molecule has 0 saturated heterocycles. The van der Waals surface area contributed by atoms with Crippen LogP contribution in [0.5, 0.6) is 5.75 Å². The van der Waals surface area contributed by atoms with E-state index >= 15 is 0 Å². The molecule has 1 fully saturated rings. The van der Waals surface area contributed by atoms with Crippen LogP contribution in [-0.4, -0.2) is 28.2 Å². The van der Waals surface area contributed by atoms with Crippen LogP contribution in [0.3, 0.4) is 0 Å². The molecule has 1 aromatic heterocycles. The molecule has 0 bridgehead atoms. The number of aromatic nitrogens is 1. The number of hydrogen-bond donors (Lipinski definition) is 1. The van der Waals surface area contributed by atoms with E-state index in [0.29, 0.717) is 23.0 Å². The van der Waals surface area contributed by atoms with Crippen LogP contribution < -0.4 is 10.1 Å². The van der Waals surface area contributed by atoms with Crippen LogP contribution in [0.25, 0.3) is 0 Å². The van der Waals surface area contributed by atoms with E-state index < -0.39 is 0 Å². The van der Waals surface area contributed by atoms with Gasteiger partial charge in [0.2, 0.25) is 5.91 Å². The molecular formula is C31H28FN3O3S. The molecule has 2 amide bonds. The Morgan fingerprint density at radius 1 is 1.10 bits per heavy atom. The molecule has 6 rings (SSSR count). The van der Waals surface area contributed by atoms with Gasteiger partial charge in [0.15, 0.2) is 0 Å². The Labute approximate surface area is 230 Å². The van der Waals surface area contributed by atoms with E-state index in [9.17, 15) is 14.0 Å². The molecule has 4 aromatic rings. The van der Waals surface area contributed by atoms with Crippen LogP contribution in [-0.2, 0) is 17.8 Å². The van der Waals surface area contributed by atoms with Gasteiger partial charge in [-0.1, -0.05) is 30.3 Å². The standard InChI is InChI=1S/C31H28FN3O3S/c1-19-3-2-4-24(15-19)33-30(36)27-18-39-28(34-27)17-38-25-12-9-20-13-14-35(31(37)22-5-6-22)29(26(20)16-25)21-7-10-23(32)11-8-21/h2-4,7-12,15-16,18,22,29H,5-6,13-14,17H2,1H3,(H,33,36). The van der Waals surface area contributed by atoms with Gasteiger partial charge in [-0.05, 0) is 84.8 Å². The number of thiazole rings is 1. The number of nitrogens with zero attached hydrogens (tertiary/aromatic N) is 2. The van der Waals surface area contributed by atoms with Gasteiger partial charge in [-0.2, -0.15) is 0 Å². The van der Waals surface area contributed by atoms with Crippen molar-refractivity contribution < 1.29 is 18.7 Å². The predicted octanol–water partition coefficient (Wildman–Crippen LogP) is 6.31. The number of ether oxygens (including phenoxy) is 1. The van der Waals surface area contributed by atoms with E-state index in [-0.39, 0.29) is 36.2 Å². The number of aryl methyl sites for hydroxylation is 1. The third-order valence-electron chi connectivity index (χ3n) is 7.16. The number of anilines is 1.